The van der Waals surface area contributed by atoms with E-state index in [-0.39, 0.29) is 0 Å². The third-order valence-corrected chi connectivity index (χ3v) is 3.85. The van der Waals surface area contributed by atoms with Crippen LogP contribution in [0.25, 0.3) is 0 Å². The molecule has 0 saturated heterocycles. The maximum absolute atomic E-state index is 12.0. The molecule has 2 rings (SSSR count). The summed E-state index contributed by atoms with van der Waals surface area (Å²) in [6.07, 6.45) is 1.66. The van der Waals surface area contributed by atoms with E-state index in [0.717, 1.165) is 10.0 Å². The van der Waals surface area contributed by atoms with Gasteiger partial charge in [0, 0.05) is 10.7 Å². The topological polar surface area (TPSA) is 30.0 Å². The number of hydrogen-bond donors (Lipinski definition) is 0. The van der Waals surface area contributed by atoms with Gasteiger partial charge >= 0.3 is 0 Å². The highest BCUT2D eigenvalue weighted by molar-refractivity contribution is 9.10. The number of benzene rings is 1. The number of nitrogens with zero attached hydrogens (tertiary/aromatic N) is 1. The first-order valence-corrected chi connectivity index (χ1v) is 6.91. The summed E-state index contributed by atoms with van der Waals surface area (Å²) in [6.45, 7) is 0. The van der Waals surface area contributed by atoms with Crippen LogP contribution in [0.15, 0.2) is 58.2 Å². The molecule has 0 saturated carbocycles. The molecule has 0 aliphatic carbocycles. The maximum Gasteiger partial charge on any atom is 0.127 e. The van der Waals surface area contributed by atoms with Crippen LogP contribution < -0.4 is 0 Å². The van der Waals surface area contributed by atoms with E-state index in [9.17, 15) is 4.21 Å². The van der Waals surface area contributed by atoms with Crippen molar-refractivity contribution in [2.45, 2.75) is 10.8 Å². The molecule has 0 spiro atoms. The molecule has 16 heavy (non-hydrogen) atoms. The molecule has 4 heteroatoms. The van der Waals surface area contributed by atoms with Gasteiger partial charge in [0.1, 0.15) is 5.03 Å². The Morgan fingerprint density at radius 2 is 2.06 bits per heavy atom. The fourth-order valence-electron chi connectivity index (χ4n) is 1.33. The molecular formula is C12H10BrNOS. The van der Waals surface area contributed by atoms with Crippen LogP contribution in [0.1, 0.15) is 5.56 Å². The summed E-state index contributed by atoms with van der Waals surface area (Å²) in [6, 6.07) is 13.3. The number of pyridine rings is 1. The van der Waals surface area contributed by atoms with Crippen molar-refractivity contribution in [1.29, 1.82) is 0 Å². The molecule has 1 aromatic carbocycles. The van der Waals surface area contributed by atoms with Gasteiger partial charge in [-0.05, 0) is 29.8 Å². The van der Waals surface area contributed by atoms with E-state index in [1.807, 2.05) is 36.4 Å². The van der Waals surface area contributed by atoms with Crippen LogP contribution in [0, 0.1) is 0 Å². The molecule has 0 N–H and O–H groups in total. The minimum absolute atomic E-state index is 0.496. The molecule has 0 aliphatic rings. The van der Waals surface area contributed by atoms with Gasteiger partial charge in [0.2, 0.25) is 0 Å². The molecule has 0 fully saturated rings. The Bertz CT molecular complexity index is 501. The molecule has 1 unspecified atom stereocenters. The van der Waals surface area contributed by atoms with E-state index in [1.54, 1.807) is 12.3 Å². The summed E-state index contributed by atoms with van der Waals surface area (Å²) in [5.74, 6) is 0.496. The second kappa shape index (κ2) is 5.37. The zero-order valence-electron chi connectivity index (χ0n) is 8.47. The summed E-state index contributed by atoms with van der Waals surface area (Å²) in [7, 11) is -1.07. The molecule has 0 bridgehead atoms. The van der Waals surface area contributed by atoms with Crippen molar-refractivity contribution < 1.29 is 4.21 Å². The van der Waals surface area contributed by atoms with E-state index < -0.39 is 10.8 Å². The Hall–Kier alpha value is -1.00. The lowest BCUT2D eigenvalue weighted by molar-refractivity contribution is 0.680. The monoisotopic (exact) mass is 295 g/mol. The van der Waals surface area contributed by atoms with E-state index in [2.05, 4.69) is 20.9 Å². The highest BCUT2D eigenvalue weighted by Crippen LogP contribution is 2.15. The summed E-state index contributed by atoms with van der Waals surface area (Å²) in [4.78, 5) is 4.09. The Kier molecular flexibility index (Phi) is 3.85. The highest BCUT2D eigenvalue weighted by Gasteiger charge is 2.05. The minimum atomic E-state index is -1.07. The smallest absolute Gasteiger partial charge is 0.127 e. The van der Waals surface area contributed by atoms with E-state index in [1.165, 1.54) is 0 Å². The molecule has 0 amide bonds. The van der Waals surface area contributed by atoms with Gasteiger partial charge in [0.05, 0.1) is 16.6 Å². The van der Waals surface area contributed by atoms with Gasteiger partial charge in [-0.2, -0.15) is 0 Å². The third-order valence-electron chi connectivity index (χ3n) is 2.06. The molecule has 0 aliphatic heterocycles. The van der Waals surface area contributed by atoms with Gasteiger partial charge in [-0.1, -0.05) is 34.1 Å². The molecule has 1 atom stereocenters. The second-order valence-corrected chi connectivity index (χ2v) is 5.60. The Morgan fingerprint density at radius 1 is 1.19 bits per heavy atom. The average molecular weight is 296 g/mol. The van der Waals surface area contributed by atoms with Crippen LogP contribution in [0.3, 0.4) is 0 Å². The van der Waals surface area contributed by atoms with Crippen LogP contribution in [-0.2, 0) is 16.6 Å². The Labute approximate surface area is 105 Å². The molecule has 2 nitrogen and oxygen atoms in total. The van der Waals surface area contributed by atoms with Gasteiger partial charge in [-0.3, -0.25) is 4.21 Å². The van der Waals surface area contributed by atoms with Gasteiger partial charge in [0.25, 0.3) is 0 Å². The van der Waals surface area contributed by atoms with Crippen molar-refractivity contribution in [3.63, 3.8) is 0 Å². The van der Waals surface area contributed by atoms with Crippen molar-refractivity contribution in [2.75, 3.05) is 0 Å². The highest BCUT2D eigenvalue weighted by atomic mass is 79.9. The van der Waals surface area contributed by atoms with E-state index in [4.69, 9.17) is 0 Å². The van der Waals surface area contributed by atoms with Crippen molar-refractivity contribution in [3.05, 3.63) is 58.7 Å². The first-order valence-electron chi connectivity index (χ1n) is 4.79. The predicted molar refractivity (Wildman–Crippen MR) is 68.5 cm³/mol. The second-order valence-electron chi connectivity index (χ2n) is 3.29. The van der Waals surface area contributed by atoms with Crippen LogP contribution in [0.5, 0.6) is 0 Å². The van der Waals surface area contributed by atoms with Crippen molar-refractivity contribution in [3.8, 4) is 0 Å². The van der Waals surface area contributed by atoms with E-state index in [0.29, 0.717) is 10.8 Å². The largest absolute Gasteiger partial charge is 0.252 e. The standard InChI is InChI=1S/C12H10BrNOS/c13-11-5-3-4-10(8-11)9-16(15)12-6-1-2-7-14-12/h1-8H,9H2. The predicted octanol–water partition coefficient (Wildman–Crippen LogP) is 3.15. The molecule has 1 heterocycles. The van der Waals surface area contributed by atoms with E-state index >= 15 is 0 Å². The van der Waals surface area contributed by atoms with Crippen LogP contribution in [-0.4, -0.2) is 9.19 Å². The SMILES string of the molecule is O=S(Cc1cccc(Br)c1)c1ccccn1. The summed E-state index contributed by atoms with van der Waals surface area (Å²) >= 11 is 3.39. The minimum Gasteiger partial charge on any atom is -0.252 e. The number of aromatic nitrogens is 1. The van der Waals surface area contributed by atoms with Gasteiger partial charge in [-0.25, -0.2) is 4.98 Å². The number of halogens is 1. The van der Waals surface area contributed by atoms with Crippen LogP contribution in [0.2, 0.25) is 0 Å². The molecule has 2 aromatic rings. The molecule has 0 radical (unpaired) electrons. The summed E-state index contributed by atoms with van der Waals surface area (Å²) in [5, 5.41) is 0.627. The fourth-order valence-corrected chi connectivity index (χ4v) is 2.82. The van der Waals surface area contributed by atoms with Gasteiger partial charge in [0.15, 0.2) is 0 Å². The first kappa shape index (κ1) is 11.5. The normalized spacial score (nSPS) is 12.3. The average Bonchev–Trinajstić information content (AvgIpc) is 2.30. The number of rotatable bonds is 3. The first-order chi connectivity index (χ1) is 7.75. The van der Waals surface area contributed by atoms with Gasteiger partial charge in [-0.15, -0.1) is 0 Å². The summed E-state index contributed by atoms with van der Waals surface area (Å²) < 4.78 is 13.0. The van der Waals surface area contributed by atoms with Crippen molar-refractivity contribution in [2.24, 2.45) is 0 Å². The zero-order valence-corrected chi connectivity index (χ0v) is 10.9. The lowest BCUT2D eigenvalue weighted by Crippen LogP contribution is -1.98. The Morgan fingerprint density at radius 3 is 2.75 bits per heavy atom. The maximum atomic E-state index is 12.0. The van der Waals surface area contributed by atoms with Crippen LogP contribution >= 0.6 is 15.9 Å². The quantitative estimate of drug-likeness (QED) is 0.871. The number of hydrogen-bond acceptors (Lipinski definition) is 2. The lowest BCUT2D eigenvalue weighted by atomic mass is 10.2. The zero-order chi connectivity index (χ0) is 11.4. The Balaban J connectivity index is 2.14. The summed E-state index contributed by atoms with van der Waals surface area (Å²) in [5.41, 5.74) is 1.04. The molecule has 1 aromatic heterocycles. The van der Waals surface area contributed by atoms with Crippen LogP contribution in [0.4, 0.5) is 0 Å². The lowest BCUT2D eigenvalue weighted by Gasteiger charge is -2.02. The van der Waals surface area contributed by atoms with Gasteiger partial charge < -0.3 is 0 Å². The third kappa shape index (κ3) is 3.00. The van der Waals surface area contributed by atoms with Crippen molar-refractivity contribution >= 4 is 26.7 Å². The fraction of sp³-hybridized carbons (Fsp3) is 0.0833. The van der Waals surface area contributed by atoms with Crippen molar-refractivity contribution in [1.82, 2.24) is 4.98 Å². The molecular weight excluding hydrogens is 286 g/mol. The molecule has 82 valence electrons.